The highest BCUT2D eigenvalue weighted by molar-refractivity contribution is 6.22. The van der Waals surface area contributed by atoms with Crippen molar-refractivity contribution in [2.24, 2.45) is 0 Å². The van der Waals surface area contributed by atoms with Gasteiger partial charge in [-0.1, -0.05) is 18.2 Å². The van der Waals surface area contributed by atoms with Gasteiger partial charge in [-0.15, -0.1) is 0 Å². The van der Waals surface area contributed by atoms with Crippen molar-refractivity contribution in [3.8, 4) is 5.75 Å². The van der Waals surface area contributed by atoms with Crippen LogP contribution in [0.25, 0.3) is 0 Å². The molecule has 5 nitrogen and oxygen atoms in total. The van der Waals surface area contributed by atoms with Crippen LogP contribution in [-0.2, 0) is 4.79 Å². The summed E-state index contributed by atoms with van der Waals surface area (Å²) in [7, 11) is 0. The molecule has 2 aromatic carbocycles. The van der Waals surface area contributed by atoms with E-state index in [4.69, 9.17) is 4.74 Å². The van der Waals surface area contributed by atoms with Gasteiger partial charge in [-0.05, 0) is 55.7 Å². The Kier molecular flexibility index (Phi) is 3.93. The van der Waals surface area contributed by atoms with Crippen LogP contribution in [0.5, 0.6) is 5.75 Å². The molecule has 0 aliphatic carbocycles. The molecule has 0 fully saturated rings. The number of carbonyl (C=O) groups excluding carboxylic acids is 3. The highest BCUT2D eigenvalue weighted by Gasteiger charge is 2.36. The summed E-state index contributed by atoms with van der Waals surface area (Å²) in [5, 5.41) is 0. The maximum Gasteiger partial charge on any atom is 0.331 e. The van der Waals surface area contributed by atoms with Crippen LogP contribution in [0.3, 0.4) is 0 Å². The molecule has 2 aromatic rings. The maximum absolute atomic E-state index is 12.3. The monoisotopic (exact) mass is 323 g/mol. The first-order chi connectivity index (χ1) is 11.4. The molecule has 0 aromatic heterocycles. The number of benzene rings is 2. The van der Waals surface area contributed by atoms with Gasteiger partial charge in [0.25, 0.3) is 11.8 Å². The average molecular weight is 323 g/mol. The summed E-state index contributed by atoms with van der Waals surface area (Å²) < 4.78 is 5.38. The summed E-state index contributed by atoms with van der Waals surface area (Å²) in [6, 6.07) is 10.3. The number of esters is 1. The van der Waals surface area contributed by atoms with Crippen molar-refractivity contribution in [2.75, 3.05) is 6.54 Å². The number of ether oxygens (including phenoxy) is 1. The minimum atomic E-state index is -0.641. The minimum Gasteiger partial charge on any atom is -0.425 e. The number of amides is 2. The zero-order valence-corrected chi connectivity index (χ0v) is 13.8. The topological polar surface area (TPSA) is 63.7 Å². The highest BCUT2D eigenvalue weighted by Crippen LogP contribution is 2.25. The number of hydrogen-bond acceptors (Lipinski definition) is 4. The molecule has 2 amide bonds. The van der Waals surface area contributed by atoms with Crippen LogP contribution in [0.4, 0.5) is 0 Å². The van der Waals surface area contributed by atoms with Gasteiger partial charge in [0.1, 0.15) is 12.3 Å². The largest absolute Gasteiger partial charge is 0.425 e. The number of rotatable bonds is 3. The fourth-order valence-corrected chi connectivity index (χ4v) is 2.77. The number of nitrogens with zero attached hydrogens (tertiary/aromatic N) is 1. The van der Waals surface area contributed by atoms with Gasteiger partial charge in [-0.3, -0.25) is 14.5 Å². The van der Waals surface area contributed by atoms with Crippen LogP contribution < -0.4 is 4.74 Å². The number of imide groups is 1. The molecule has 0 saturated heterocycles. The molecule has 1 aliphatic rings. The van der Waals surface area contributed by atoms with E-state index in [0.717, 1.165) is 21.6 Å². The van der Waals surface area contributed by atoms with Gasteiger partial charge in [0.2, 0.25) is 0 Å². The van der Waals surface area contributed by atoms with E-state index in [1.165, 1.54) is 0 Å². The molecule has 3 rings (SSSR count). The first-order valence-electron chi connectivity index (χ1n) is 7.62. The predicted octanol–water partition coefficient (Wildman–Crippen LogP) is 2.81. The Morgan fingerprint density at radius 3 is 2.17 bits per heavy atom. The third-order valence-corrected chi connectivity index (χ3v) is 4.15. The van der Waals surface area contributed by atoms with E-state index in [9.17, 15) is 14.4 Å². The lowest BCUT2D eigenvalue weighted by atomic mass is 10.1. The lowest BCUT2D eigenvalue weighted by Gasteiger charge is -2.15. The van der Waals surface area contributed by atoms with Crippen LogP contribution in [0.1, 0.15) is 37.4 Å². The van der Waals surface area contributed by atoms with Crippen molar-refractivity contribution >= 4 is 17.8 Å². The average Bonchev–Trinajstić information content (AvgIpc) is 2.78. The quantitative estimate of drug-likeness (QED) is 0.495. The first-order valence-corrected chi connectivity index (χ1v) is 7.62. The van der Waals surface area contributed by atoms with Crippen LogP contribution in [0.2, 0.25) is 0 Å². The summed E-state index contributed by atoms with van der Waals surface area (Å²) in [6.07, 6.45) is 0. The van der Waals surface area contributed by atoms with Crippen molar-refractivity contribution in [1.82, 2.24) is 4.90 Å². The van der Waals surface area contributed by atoms with Gasteiger partial charge in [0, 0.05) is 0 Å². The lowest BCUT2D eigenvalue weighted by Crippen LogP contribution is -2.36. The van der Waals surface area contributed by atoms with E-state index >= 15 is 0 Å². The summed E-state index contributed by atoms with van der Waals surface area (Å²) in [4.78, 5) is 37.7. The van der Waals surface area contributed by atoms with Gasteiger partial charge in [-0.2, -0.15) is 0 Å². The van der Waals surface area contributed by atoms with E-state index in [2.05, 4.69) is 0 Å². The molecule has 1 heterocycles. The van der Waals surface area contributed by atoms with Crippen LogP contribution in [0.15, 0.2) is 36.4 Å². The van der Waals surface area contributed by atoms with Gasteiger partial charge >= 0.3 is 5.97 Å². The molecular formula is C19H17NO4. The van der Waals surface area contributed by atoms with E-state index in [1.807, 2.05) is 26.8 Å². The molecule has 0 atom stereocenters. The molecule has 0 N–H and O–H groups in total. The summed E-state index contributed by atoms with van der Waals surface area (Å²) >= 11 is 0. The van der Waals surface area contributed by atoms with Gasteiger partial charge in [0.05, 0.1) is 11.1 Å². The maximum atomic E-state index is 12.3. The van der Waals surface area contributed by atoms with Crippen LogP contribution >= 0.6 is 0 Å². The van der Waals surface area contributed by atoms with Gasteiger partial charge in [-0.25, -0.2) is 4.79 Å². The lowest BCUT2D eigenvalue weighted by molar-refractivity contribution is -0.134. The molecule has 1 aliphatic heterocycles. The van der Waals surface area contributed by atoms with Crippen molar-refractivity contribution in [3.05, 3.63) is 64.2 Å². The fraction of sp³-hybridized carbons (Fsp3) is 0.211. The highest BCUT2D eigenvalue weighted by atomic mass is 16.5. The molecule has 122 valence electrons. The number of aryl methyl sites for hydroxylation is 2. The normalized spacial score (nSPS) is 13.2. The molecule has 0 saturated carbocycles. The second kappa shape index (κ2) is 5.92. The van der Waals surface area contributed by atoms with Crippen molar-refractivity contribution in [3.63, 3.8) is 0 Å². The predicted molar refractivity (Wildman–Crippen MR) is 88.1 cm³/mol. The number of carbonyl (C=O) groups is 3. The molecule has 0 spiro atoms. The SMILES string of the molecule is Cc1cc(C)c(C)c(OC(=O)CN2C(=O)c3ccccc3C2=O)c1. The third kappa shape index (κ3) is 2.69. The molecule has 0 radical (unpaired) electrons. The Morgan fingerprint density at radius 2 is 1.58 bits per heavy atom. The summed E-state index contributed by atoms with van der Waals surface area (Å²) in [5.41, 5.74) is 3.48. The van der Waals surface area contributed by atoms with E-state index in [-0.39, 0.29) is 0 Å². The Morgan fingerprint density at radius 1 is 1.00 bits per heavy atom. The summed E-state index contributed by atoms with van der Waals surface area (Å²) in [5.74, 6) is -1.12. The first kappa shape index (κ1) is 15.9. The Hall–Kier alpha value is -2.95. The smallest absolute Gasteiger partial charge is 0.331 e. The number of hydrogen-bond donors (Lipinski definition) is 0. The molecule has 0 unspecified atom stereocenters. The second-order valence-corrected chi connectivity index (χ2v) is 5.92. The van der Waals surface area contributed by atoms with E-state index in [1.54, 1.807) is 30.3 Å². The van der Waals surface area contributed by atoms with E-state index < -0.39 is 24.3 Å². The Labute approximate surface area is 139 Å². The van der Waals surface area contributed by atoms with E-state index in [0.29, 0.717) is 16.9 Å². The third-order valence-electron chi connectivity index (χ3n) is 4.15. The van der Waals surface area contributed by atoms with Crippen molar-refractivity contribution in [2.45, 2.75) is 20.8 Å². The molecule has 0 bridgehead atoms. The molecule has 24 heavy (non-hydrogen) atoms. The molecule has 5 heteroatoms. The molecular weight excluding hydrogens is 306 g/mol. The fourth-order valence-electron chi connectivity index (χ4n) is 2.77. The Balaban J connectivity index is 1.77. The minimum absolute atomic E-state index is 0.317. The van der Waals surface area contributed by atoms with Crippen molar-refractivity contribution < 1.29 is 19.1 Å². The number of fused-ring (bicyclic) bond motifs is 1. The second-order valence-electron chi connectivity index (χ2n) is 5.92. The zero-order valence-electron chi connectivity index (χ0n) is 13.8. The summed E-state index contributed by atoms with van der Waals surface area (Å²) in [6.45, 7) is 5.30. The zero-order chi connectivity index (χ0) is 17.4. The van der Waals surface area contributed by atoms with Gasteiger partial charge < -0.3 is 4.74 Å². The van der Waals surface area contributed by atoms with Crippen LogP contribution in [-0.4, -0.2) is 29.2 Å². The Bertz CT molecular complexity index is 835. The van der Waals surface area contributed by atoms with Crippen LogP contribution in [0, 0.1) is 20.8 Å². The standard InChI is InChI=1S/C19H17NO4/c1-11-8-12(2)13(3)16(9-11)24-17(21)10-20-18(22)14-6-4-5-7-15(14)19(20)23/h4-9H,10H2,1-3H3. The van der Waals surface area contributed by atoms with Gasteiger partial charge in [0.15, 0.2) is 0 Å². The van der Waals surface area contributed by atoms with Crippen molar-refractivity contribution in [1.29, 1.82) is 0 Å².